The van der Waals surface area contributed by atoms with E-state index in [2.05, 4.69) is 17.6 Å². The van der Waals surface area contributed by atoms with E-state index in [1.165, 1.54) is 0 Å². The number of unbranched alkanes of at least 4 members (excludes halogenated alkanes) is 1. The first-order chi connectivity index (χ1) is 12.0. The Morgan fingerprint density at radius 3 is 2.60 bits per heavy atom. The first-order valence-corrected chi connectivity index (χ1v) is 9.41. The lowest BCUT2D eigenvalue weighted by Crippen LogP contribution is -2.39. The topological polar surface area (TPSA) is 61.4 Å². The van der Waals surface area contributed by atoms with Gasteiger partial charge in [-0.15, -0.1) is 0 Å². The van der Waals surface area contributed by atoms with Crippen LogP contribution in [0.4, 0.5) is 5.69 Å². The summed E-state index contributed by atoms with van der Waals surface area (Å²) in [6.07, 6.45) is 4.31. The van der Waals surface area contributed by atoms with Crippen molar-refractivity contribution in [3.8, 4) is 0 Å². The Morgan fingerprint density at radius 2 is 1.92 bits per heavy atom. The summed E-state index contributed by atoms with van der Waals surface area (Å²) < 4.78 is 0. The van der Waals surface area contributed by atoms with Crippen LogP contribution in [0.25, 0.3) is 0 Å². The number of thiocarbonyl (C=S) groups is 1. The first kappa shape index (κ1) is 19.4. The third-order valence-corrected chi connectivity index (χ3v) is 4.69. The van der Waals surface area contributed by atoms with Gasteiger partial charge in [0.05, 0.1) is 11.3 Å². The van der Waals surface area contributed by atoms with Gasteiger partial charge in [-0.3, -0.25) is 9.59 Å². The molecule has 1 aliphatic rings. The summed E-state index contributed by atoms with van der Waals surface area (Å²) in [7, 11) is 0. The van der Waals surface area contributed by atoms with E-state index in [-0.39, 0.29) is 16.9 Å². The molecule has 0 atom stereocenters. The van der Waals surface area contributed by atoms with E-state index in [0.29, 0.717) is 23.6 Å². The molecular weight excluding hydrogens is 334 g/mol. The van der Waals surface area contributed by atoms with Gasteiger partial charge in [0, 0.05) is 19.5 Å². The minimum atomic E-state index is -0.104. The molecule has 1 aromatic carbocycles. The summed E-state index contributed by atoms with van der Waals surface area (Å²) in [5.74, 6) is 0.576. The van der Waals surface area contributed by atoms with Crippen LogP contribution in [0.1, 0.15) is 56.3 Å². The predicted molar refractivity (Wildman–Crippen MR) is 105 cm³/mol. The van der Waals surface area contributed by atoms with Gasteiger partial charge in [-0.05, 0) is 49.5 Å². The van der Waals surface area contributed by atoms with E-state index in [1.54, 1.807) is 6.07 Å². The van der Waals surface area contributed by atoms with Gasteiger partial charge < -0.3 is 15.5 Å². The Morgan fingerprint density at radius 1 is 1.24 bits per heavy atom. The third-order valence-electron chi connectivity index (χ3n) is 4.49. The normalized spacial score (nSPS) is 14.9. The number of benzene rings is 1. The number of carbonyl (C=O) groups is 2. The van der Waals surface area contributed by atoms with Gasteiger partial charge in [0.1, 0.15) is 0 Å². The van der Waals surface area contributed by atoms with E-state index < -0.39 is 0 Å². The zero-order valence-corrected chi connectivity index (χ0v) is 15.8. The van der Waals surface area contributed by atoms with Crippen molar-refractivity contribution in [2.75, 3.05) is 18.4 Å². The largest absolute Gasteiger partial charge is 0.339 e. The van der Waals surface area contributed by atoms with E-state index in [4.69, 9.17) is 12.2 Å². The van der Waals surface area contributed by atoms with E-state index in [0.717, 1.165) is 38.8 Å². The number of amides is 2. The molecule has 0 spiro atoms. The fraction of sp³-hybridized carbons (Fsp3) is 0.526. The number of nitrogens with zero attached hydrogens (tertiary/aromatic N) is 1. The lowest BCUT2D eigenvalue weighted by molar-refractivity contribution is -0.119. The number of hydrogen-bond acceptors (Lipinski definition) is 3. The van der Waals surface area contributed by atoms with Crippen LogP contribution in [-0.2, 0) is 4.79 Å². The van der Waals surface area contributed by atoms with Crippen molar-refractivity contribution in [2.24, 2.45) is 5.92 Å². The smallest absolute Gasteiger partial charge is 0.255 e. The molecule has 2 N–H and O–H groups in total. The summed E-state index contributed by atoms with van der Waals surface area (Å²) in [6, 6.07) is 7.29. The molecule has 1 aromatic rings. The molecule has 0 radical (unpaired) electrons. The zero-order valence-electron chi connectivity index (χ0n) is 15.0. The molecule has 1 aliphatic heterocycles. The average molecular weight is 362 g/mol. The number of para-hydroxylation sites is 1. The van der Waals surface area contributed by atoms with Crippen LogP contribution in [0.3, 0.4) is 0 Å². The number of hydrogen-bond donors (Lipinski definition) is 2. The molecule has 2 amide bonds. The van der Waals surface area contributed by atoms with Crippen LogP contribution in [0.2, 0.25) is 0 Å². The highest BCUT2D eigenvalue weighted by molar-refractivity contribution is 7.80. The van der Waals surface area contributed by atoms with Crippen molar-refractivity contribution in [3.05, 3.63) is 29.8 Å². The maximum atomic E-state index is 12.8. The van der Waals surface area contributed by atoms with Gasteiger partial charge in [-0.2, -0.15) is 0 Å². The SMILES string of the molecule is CCCCC(=O)NC(=S)Nc1ccccc1C(=O)N1CCC(C)CC1. The zero-order chi connectivity index (χ0) is 18.2. The van der Waals surface area contributed by atoms with Gasteiger partial charge in [0.15, 0.2) is 5.11 Å². The summed E-state index contributed by atoms with van der Waals surface area (Å²) in [5.41, 5.74) is 1.22. The minimum absolute atomic E-state index is 0.00936. The molecule has 2 rings (SSSR count). The predicted octanol–water partition coefficient (Wildman–Crippen LogP) is 3.56. The second-order valence-corrected chi connectivity index (χ2v) is 7.03. The second kappa shape index (κ2) is 9.51. The lowest BCUT2D eigenvalue weighted by atomic mass is 9.98. The number of nitrogens with one attached hydrogen (secondary N) is 2. The number of rotatable bonds is 5. The maximum Gasteiger partial charge on any atom is 0.255 e. The van der Waals surface area contributed by atoms with Crippen LogP contribution in [-0.4, -0.2) is 34.9 Å². The molecule has 5 nitrogen and oxygen atoms in total. The van der Waals surface area contributed by atoms with Crippen LogP contribution in [0.15, 0.2) is 24.3 Å². The molecule has 25 heavy (non-hydrogen) atoms. The molecule has 1 fully saturated rings. The standard InChI is InChI=1S/C19H27N3O2S/c1-3-4-9-17(23)21-19(25)20-16-8-6-5-7-15(16)18(24)22-12-10-14(2)11-13-22/h5-8,14H,3-4,9-13H2,1-2H3,(H2,20,21,23,25). The van der Waals surface area contributed by atoms with Crippen molar-refractivity contribution in [1.29, 1.82) is 0 Å². The Hall–Kier alpha value is -1.95. The van der Waals surface area contributed by atoms with Gasteiger partial charge in [0.25, 0.3) is 5.91 Å². The van der Waals surface area contributed by atoms with Crippen molar-refractivity contribution >= 4 is 34.8 Å². The number of carbonyl (C=O) groups excluding carboxylic acids is 2. The molecule has 1 saturated heterocycles. The summed E-state index contributed by atoms with van der Waals surface area (Å²) in [4.78, 5) is 26.5. The highest BCUT2D eigenvalue weighted by atomic mass is 32.1. The fourth-order valence-corrected chi connectivity index (χ4v) is 3.06. The molecular formula is C19H27N3O2S. The van der Waals surface area contributed by atoms with Crippen molar-refractivity contribution in [1.82, 2.24) is 10.2 Å². The molecule has 0 unspecified atom stereocenters. The third kappa shape index (κ3) is 5.81. The van der Waals surface area contributed by atoms with Gasteiger partial charge >= 0.3 is 0 Å². The van der Waals surface area contributed by atoms with Gasteiger partial charge in [0.2, 0.25) is 5.91 Å². The van der Waals surface area contributed by atoms with E-state index in [9.17, 15) is 9.59 Å². The van der Waals surface area contributed by atoms with Crippen molar-refractivity contribution < 1.29 is 9.59 Å². The summed E-state index contributed by atoms with van der Waals surface area (Å²) >= 11 is 5.21. The lowest BCUT2D eigenvalue weighted by Gasteiger charge is -2.30. The molecule has 0 bridgehead atoms. The first-order valence-electron chi connectivity index (χ1n) is 9.00. The van der Waals surface area contributed by atoms with Crippen LogP contribution < -0.4 is 10.6 Å². The van der Waals surface area contributed by atoms with Gasteiger partial charge in [-0.25, -0.2) is 0 Å². The highest BCUT2D eigenvalue weighted by Crippen LogP contribution is 2.22. The van der Waals surface area contributed by atoms with E-state index in [1.807, 2.05) is 30.0 Å². The molecule has 0 aliphatic carbocycles. The average Bonchev–Trinajstić information content (AvgIpc) is 2.60. The minimum Gasteiger partial charge on any atom is -0.339 e. The number of likely N-dealkylation sites (tertiary alicyclic amines) is 1. The van der Waals surface area contributed by atoms with Crippen molar-refractivity contribution in [2.45, 2.75) is 46.0 Å². The van der Waals surface area contributed by atoms with E-state index >= 15 is 0 Å². The molecule has 0 aromatic heterocycles. The van der Waals surface area contributed by atoms with Crippen molar-refractivity contribution in [3.63, 3.8) is 0 Å². The number of piperidine rings is 1. The molecule has 1 heterocycles. The second-order valence-electron chi connectivity index (χ2n) is 6.63. The van der Waals surface area contributed by atoms with Gasteiger partial charge in [-0.1, -0.05) is 32.4 Å². The Labute approximate surface area is 155 Å². The molecule has 136 valence electrons. The van der Waals surface area contributed by atoms with Crippen LogP contribution in [0.5, 0.6) is 0 Å². The Balaban J connectivity index is 2.01. The molecule has 6 heteroatoms. The number of anilines is 1. The quantitative estimate of drug-likeness (QED) is 0.787. The Bertz CT molecular complexity index is 625. The summed E-state index contributed by atoms with van der Waals surface area (Å²) in [5, 5.41) is 5.90. The Kier molecular flexibility index (Phi) is 7.37. The highest BCUT2D eigenvalue weighted by Gasteiger charge is 2.23. The van der Waals surface area contributed by atoms with Crippen LogP contribution >= 0.6 is 12.2 Å². The monoisotopic (exact) mass is 361 g/mol. The van der Waals surface area contributed by atoms with Crippen LogP contribution in [0, 0.1) is 5.92 Å². The fourth-order valence-electron chi connectivity index (χ4n) is 2.84. The molecule has 0 saturated carbocycles. The maximum absolute atomic E-state index is 12.8. The summed E-state index contributed by atoms with van der Waals surface area (Å²) in [6.45, 7) is 5.82.